The number of hydrogen-bond donors (Lipinski definition) is 0. The molecule has 0 heterocycles. The molecule has 0 radical (unpaired) electrons. The van der Waals surface area contributed by atoms with Gasteiger partial charge in [0.15, 0.2) is 19.9 Å². The quantitative estimate of drug-likeness (QED) is 0.132. The van der Waals surface area contributed by atoms with Crippen molar-refractivity contribution in [1.82, 2.24) is 9.34 Å². The van der Waals surface area contributed by atoms with E-state index in [2.05, 4.69) is 78.6 Å². The van der Waals surface area contributed by atoms with Crippen molar-refractivity contribution in [3.05, 3.63) is 0 Å². The number of thioether (sulfide) groups is 1. The number of nitrogens with zero attached hydrogens (tertiary/aromatic N) is 2. The second-order valence-corrected chi connectivity index (χ2v) is 12.4. The van der Waals surface area contributed by atoms with Gasteiger partial charge in [0.2, 0.25) is 0 Å². The van der Waals surface area contributed by atoms with Crippen molar-refractivity contribution in [3.8, 4) is 0 Å². The minimum Gasteiger partial charge on any atom is -0.351 e. The molecular formula is C24H51N2O4PS. The fourth-order valence-corrected chi connectivity index (χ4v) is 6.68. The summed E-state index contributed by atoms with van der Waals surface area (Å²) >= 11 is 1.35. The van der Waals surface area contributed by atoms with Gasteiger partial charge in [0.25, 0.3) is 0 Å². The lowest BCUT2D eigenvalue weighted by atomic mass is 10.0. The standard InChI is InChI=1S/C24H51N2O4PS/c1-13-28-23(29-14-15-32-24(27)22(12)17(2)3)16-30-31(25(18(4)5)19(6)7)26(20(8)9)21(10)11/h17-23H,13-16H2,1-12H3. The number of ether oxygens (including phenoxy) is 2. The van der Waals surface area contributed by atoms with Gasteiger partial charge < -0.3 is 14.0 Å². The Morgan fingerprint density at radius 1 is 0.812 bits per heavy atom. The number of carbonyl (C=O) groups excluding carboxylic acids is 1. The minimum atomic E-state index is -0.986. The molecule has 0 aliphatic heterocycles. The lowest BCUT2D eigenvalue weighted by Gasteiger charge is -2.45. The molecule has 0 spiro atoms. The van der Waals surface area contributed by atoms with Crippen molar-refractivity contribution in [2.45, 2.75) is 114 Å². The molecule has 0 aromatic heterocycles. The number of carbonyl (C=O) groups is 1. The summed E-state index contributed by atoms with van der Waals surface area (Å²) in [4.78, 5) is 12.2. The van der Waals surface area contributed by atoms with Crippen LogP contribution in [0.1, 0.15) is 83.1 Å². The lowest BCUT2D eigenvalue weighted by Crippen LogP contribution is -2.44. The van der Waals surface area contributed by atoms with Crippen molar-refractivity contribution >= 4 is 25.3 Å². The third-order valence-electron chi connectivity index (χ3n) is 5.19. The molecule has 6 nitrogen and oxygen atoms in total. The minimum absolute atomic E-state index is 0.0608. The summed E-state index contributed by atoms with van der Waals surface area (Å²) in [6.07, 6.45) is -0.439. The molecule has 0 aromatic rings. The third-order valence-corrected chi connectivity index (χ3v) is 9.24. The van der Waals surface area contributed by atoms with Gasteiger partial charge >= 0.3 is 0 Å². The summed E-state index contributed by atoms with van der Waals surface area (Å²) in [7, 11) is -0.986. The molecule has 0 saturated heterocycles. The zero-order valence-electron chi connectivity index (χ0n) is 22.8. The first-order valence-corrected chi connectivity index (χ1v) is 14.4. The first-order chi connectivity index (χ1) is 14.8. The van der Waals surface area contributed by atoms with Crippen LogP contribution in [0.4, 0.5) is 0 Å². The fourth-order valence-electron chi connectivity index (χ4n) is 3.42. The van der Waals surface area contributed by atoms with Gasteiger partial charge in [-0.25, -0.2) is 9.34 Å². The third kappa shape index (κ3) is 11.6. The van der Waals surface area contributed by atoms with E-state index < -0.39 is 14.7 Å². The summed E-state index contributed by atoms with van der Waals surface area (Å²) in [6.45, 7) is 27.3. The summed E-state index contributed by atoms with van der Waals surface area (Å²) in [5.74, 6) is 1.04. The molecule has 2 unspecified atom stereocenters. The maximum Gasteiger partial charge on any atom is 0.192 e. The molecule has 0 saturated carbocycles. The average molecular weight is 495 g/mol. The highest BCUT2D eigenvalue weighted by atomic mass is 32.2. The van der Waals surface area contributed by atoms with Crippen molar-refractivity contribution in [3.63, 3.8) is 0 Å². The highest BCUT2D eigenvalue weighted by Gasteiger charge is 2.35. The van der Waals surface area contributed by atoms with Crippen molar-refractivity contribution in [1.29, 1.82) is 0 Å². The van der Waals surface area contributed by atoms with Gasteiger partial charge in [-0.2, -0.15) is 0 Å². The van der Waals surface area contributed by atoms with E-state index >= 15 is 0 Å². The monoisotopic (exact) mass is 494 g/mol. The maximum atomic E-state index is 12.2. The summed E-state index contributed by atoms with van der Waals surface area (Å²) in [5, 5.41) is 0.227. The molecule has 8 heteroatoms. The summed E-state index contributed by atoms with van der Waals surface area (Å²) < 4.78 is 23.3. The van der Waals surface area contributed by atoms with E-state index in [4.69, 9.17) is 14.0 Å². The van der Waals surface area contributed by atoms with Gasteiger partial charge in [0, 0.05) is 42.4 Å². The van der Waals surface area contributed by atoms with Crippen LogP contribution < -0.4 is 0 Å². The molecule has 0 bridgehead atoms. The Labute approximate surface area is 204 Å². The largest absolute Gasteiger partial charge is 0.351 e. The van der Waals surface area contributed by atoms with Gasteiger partial charge in [-0.1, -0.05) is 32.5 Å². The number of hydrogen-bond acceptors (Lipinski definition) is 7. The smallest absolute Gasteiger partial charge is 0.192 e. The zero-order chi connectivity index (χ0) is 25.0. The first-order valence-electron chi connectivity index (χ1n) is 12.2. The molecule has 2 atom stereocenters. The zero-order valence-corrected chi connectivity index (χ0v) is 24.5. The lowest BCUT2D eigenvalue weighted by molar-refractivity contribution is -0.152. The van der Waals surface area contributed by atoms with Crippen molar-refractivity contribution < 1.29 is 18.8 Å². The van der Waals surface area contributed by atoms with E-state index in [1.807, 2.05) is 13.8 Å². The molecule has 0 N–H and O–H groups in total. The molecule has 192 valence electrons. The molecule has 0 amide bonds. The highest BCUT2D eigenvalue weighted by molar-refractivity contribution is 8.13. The molecule has 0 fully saturated rings. The van der Waals surface area contributed by atoms with Crippen molar-refractivity contribution in [2.24, 2.45) is 11.8 Å². The van der Waals surface area contributed by atoms with Crippen LogP contribution in [0.2, 0.25) is 0 Å². The topological polar surface area (TPSA) is 51.2 Å². The van der Waals surface area contributed by atoms with E-state index in [1.165, 1.54) is 11.8 Å². The molecule has 0 rings (SSSR count). The molecule has 0 aliphatic carbocycles. The van der Waals surface area contributed by atoms with Gasteiger partial charge in [0.1, 0.15) is 6.61 Å². The second-order valence-electron chi connectivity index (χ2n) is 9.64. The van der Waals surface area contributed by atoms with E-state index in [-0.39, 0.29) is 11.0 Å². The SMILES string of the molecule is CCOC(COP(N(C(C)C)C(C)C)N(C(C)C)C(C)C)OCCSC(=O)C(C)C(C)C. The van der Waals surface area contributed by atoms with Gasteiger partial charge in [-0.05, 0) is 68.2 Å². The van der Waals surface area contributed by atoms with Crippen LogP contribution in [0.3, 0.4) is 0 Å². The maximum absolute atomic E-state index is 12.2. The Kier molecular flexibility index (Phi) is 16.9. The van der Waals surface area contributed by atoms with Gasteiger partial charge in [0.05, 0.1) is 6.61 Å². The van der Waals surface area contributed by atoms with Crippen LogP contribution in [-0.4, -0.2) is 70.5 Å². The van der Waals surface area contributed by atoms with Gasteiger partial charge in [-0.3, -0.25) is 4.79 Å². The van der Waals surface area contributed by atoms with Crippen LogP contribution in [0.25, 0.3) is 0 Å². The normalized spacial score (nSPS) is 14.9. The Hall–Kier alpha value is 0.250. The van der Waals surface area contributed by atoms with E-state index in [9.17, 15) is 4.79 Å². The van der Waals surface area contributed by atoms with Crippen LogP contribution >= 0.6 is 20.2 Å². The Bertz CT molecular complexity index is 470. The summed E-state index contributed by atoms with van der Waals surface area (Å²) in [5.41, 5.74) is 0. The average Bonchev–Trinajstić information content (AvgIpc) is 2.66. The molecular weight excluding hydrogens is 443 g/mol. The van der Waals surface area contributed by atoms with Crippen LogP contribution in [0.15, 0.2) is 0 Å². The van der Waals surface area contributed by atoms with Crippen molar-refractivity contribution in [2.75, 3.05) is 25.6 Å². The summed E-state index contributed by atoms with van der Waals surface area (Å²) in [6, 6.07) is 1.44. The molecule has 0 aromatic carbocycles. The second kappa shape index (κ2) is 16.8. The van der Waals surface area contributed by atoms with E-state index in [0.717, 1.165) is 0 Å². The first kappa shape index (κ1) is 32.2. The Morgan fingerprint density at radius 3 is 1.66 bits per heavy atom. The predicted molar refractivity (Wildman–Crippen MR) is 140 cm³/mol. The van der Waals surface area contributed by atoms with E-state index in [0.29, 0.717) is 55.7 Å². The molecule has 0 aliphatic rings. The Morgan fingerprint density at radius 2 is 1.28 bits per heavy atom. The fraction of sp³-hybridized carbons (Fsp3) is 0.958. The number of rotatable bonds is 17. The Balaban J connectivity index is 5.14. The van der Waals surface area contributed by atoms with E-state index in [1.54, 1.807) is 0 Å². The molecule has 32 heavy (non-hydrogen) atoms. The van der Waals surface area contributed by atoms with Crippen LogP contribution in [-0.2, 0) is 18.8 Å². The highest BCUT2D eigenvalue weighted by Crippen LogP contribution is 2.50. The van der Waals surface area contributed by atoms with Crippen LogP contribution in [0, 0.1) is 11.8 Å². The van der Waals surface area contributed by atoms with Crippen LogP contribution in [0.5, 0.6) is 0 Å². The van der Waals surface area contributed by atoms with Gasteiger partial charge in [-0.15, -0.1) is 0 Å². The predicted octanol–water partition coefficient (Wildman–Crippen LogP) is 6.40.